The molecule has 1 aliphatic heterocycles. The number of aromatic nitrogens is 1. The third-order valence-electron chi connectivity index (χ3n) is 4.57. The summed E-state index contributed by atoms with van der Waals surface area (Å²) in [6, 6.07) is 6.55. The molecule has 7 heteroatoms. The van der Waals surface area contributed by atoms with Gasteiger partial charge in [-0.2, -0.15) is 0 Å². The van der Waals surface area contributed by atoms with E-state index >= 15 is 0 Å². The Morgan fingerprint density at radius 1 is 1.32 bits per heavy atom. The van der Waals surface area contributed by atoms with Gasteiger partial charge in [-0.05, 0) is 31.0 Å². The normalized spacial score (nSPS) is 16.7. The van der Waals surface area contributed by atoms with Gasteiger partial charge >= 0.3 is 6.03 Å². The molecule has 2 aromatic rings. The molecule has 1 saturated heterocycles. The molecule has 1 N–H and O–H groups in total. The van der Waals surface area contributed by atoms with Crippen molar-refractivity contribution in [3.63, 3.8) is 0 Å². The summed E-state index contributed by atoms with van der Waals surface area (Å²) in [5.41, 5.74) is 2.26. The number of piperazine rings is 1. The first-order chi connectivity index (χ1) is 12.0. The minimum absolute atomic E-state index is 0.116. The van der Waals surface area contributed by atoms with Gasteiger partial charge < -0.3 is 14.7 Å². The fraction of sp³-hybridized carbons (Fsp3) is 0.444. The second kappa shape index (κ2) is 7.65. The van der Waals surface area contributed by atoms with Crippen molar-refractivity contribution in [2.45, 2.75) is 26.4 Å². The molecule has 0 spiro atoms. The first kappa shape index (κ1) is 17.4. The highest BCUT2D eigenvalue weighted by molar-refractivity contribution is 5.74. The van der Waals surface area contributed by atoms with Gasteiger partial charge in [-0.1, -0.05) is 17.3 Å². The number of aryl methyl sites for hydroxylation is 1. The molecule has 0 saturated carbocycles. The molecule has 1 aliphatic rings. The summed E-state index contributed by atoms with van der Waals surface area (Å²) in [7, 11) is 0. The highest BCUT2D eigenvalue weighted by atomic mass is 19.1. The second-order valence-electron chi connectivity index (χ2n) is 6.43. The van der Waals surface area contributed by atoms with Gasteiger partial charge in [-0.3, -0.25) is 4.90 Å². The van der Waals surface area contributed by atoms with E-state index in [1.165, 1.54) is 6.07 Å². The van der Waals surface area contributed by atoms with Crippen molar-refractivity contribution in [3.8, 4) is 0 Å². The van der Waals surface area contributed by atoms with Crippen LogP contribution in [0.2, 0.25) is 0 Å². The Bertz CT molecular complexity index is 712. The van der Waals surface area contributed by atoms with Crippen LogP contribution in [0.3, 0.4) is 0 Å². The summed E-state index contributed by atoms with van der Waals surface area (Å²) in [5, 5.41) is 6.86. The van der Waals surface area contributed by atoms with E-state index in [4.69, 9.17) is 4.52 Å². The molecule has 1 aromatic heterocycles. The van der Waals surface area contributed by atoms with Gasteiger partial charge in [0.15, 0.2) is 0 Å². The number of rotatable bonds is 4. The Labute approximate surface area is 146 Å². The Morgan fingerprint density at radius 3 is 2.72 bits per heavy atom. The zero-order valence-corrected chi connectivity index (χ0v) is 14.5. The van der Waals surface area contributed by atoms with E-state index in [-0.39, 0.29) is 17.9 Å². The van der Waals surface area contributed by atoms with Gasteiger partial charge in [0, 0.05) is 38.8 Å². The summed E-state index contributed by atoms with van der Waals surface area (Å²) in [6.45, 7) is 7.19. The number of nitrogens with one attached hydrogen (secondary N) is 1. The van der Waals surface area contributed by atoms with E-state index in [1.807, 2.05) is 19.1 Å². The predicted octanol–water partition coefficient (Wildman–Crippen LogP) is 2.71. The number of hydrogen-bond acceptors (Lipinski definition) is 4. The Kier molecular flexibility index (Phi) is 5.33. The van der Waals surface area contributed by atoms with Crippen molar-refractivity contribution in [1.29, 1.82) is 0 Å². The van der Waals surface area contributed by atoms with E-state index in [1.54, 1.807) is 24.2 Å². The third kappa shape index (κ3) is 4.36. The highest BCUT2D eigenvalue weighted by Gasteiger charge is 2.23. The molecule has 0 aliphatic carbocycles. The largest absolute Gasteiger partial charge is 0.364 e. The fourth-order valence-electron chi connectivity index (χ4n) is 2.90. The van der Waals surface area contributed by atoms with Crippen molar-refractivity contribution in [1.82, 2.24) is 20.3 Å². The van der Waals surface area contributed by atoms with Gasteiger partial charge in [0.2, 0.25) is 0 Å². The lowest BCUT2D eigenvalue weighted by atomic mass is 10.1. The highest BCUT2D eigenvalue weighted by Crippen LogP contribution is 2.17. The number of carbonyl (C=O) groups is 1. The molecule has 0 radical (unpaired) electrons. The van der Waals surface area contributed by atoms with Crippen LogP contribution < -0.4 is 5.32 Å². The van der Waals surface area contributed by atoms with Crippen LogP contribution in [-0.4, -0.2) is 47.2 Å². The minimum Gasteiger partial charge on any atom is -0.364 e. The van der Waals surface area contributed by atoms with Crippen molar-refractivity contribution in [2.75, 3.05) is 26.2 Å². The average molecular weight is 346 g/mol. The number of halogens is 1. The molecular weight excluding hydrogens is 323 g/mol. The van der Waals surface area contributed by atoms with Crippen molar-refractivity contribution >= 4 is 6.03 Å². The summed E-state index contributed by atoms with van der Waals surface area (Å²) >= 11 is 0. The number of hydrogen-bond donors (Lipinski definition) is 1. The van der Waals surface area contributed by atoms with E-state index in [0.29, 0.717) is 18.7 Å². The van der Waals surface area contributed by atoms with E-state index in [0.717, 1.165) is 30.9 Å². The quantitative estimate of drug-likeness (QED) is 0.925. The monoisotopic (exact) mass is 346 g/mol. The number of amides is 2. The summed E-state index contributed by atoms with van der Waals surface area (Å²) < 4.78 is 18.5. The van der Waals surface area contributed by atoms with Gasteiger partial charge in [0.25, 0.3) is 0 Å². The Morgan fingerprint density at radius 2 is 2.08 bits per heavy atom. The Hall–Kier alpha value is -2.41. The van der Waals surface area contributed by atoms with Gasteiger partial charge in [0.1, 0.15) is 12.1 Å². The topological polar surface area (TPSA) is 61.6 Å². The van der Waals surface area contributed by atoms with Gasteiger partial charge in [-0.15, -0.1) is 0 Å². The number of carbonyl (C=O) groups excluding carboxylic acids is 1. The summed E-state index contributed by atoms with van der Waals surface area (Å²) in [4.78, 5) is 16.5. The smallest absolute Gasteiger partial charge is 0.317 e. The zero-order chi connectivity index (χ0) is 17.8. The van der Waals surface area contributed by atoms with Crippen LogP contribution in [0.1, 0.15) is 29.8 Å². The molecule has 1 atom stereocenters. The van der Waals surface area contributed by atoms with Crippen molar-refractivity contribution in [2.24, 2.45) is 0 Å². The molecule has 2 amide bonds. The lowest BCUT2D eigenvalue weighted by Crippen LogP contribution is -2.51. The molecule has 25 heavy (non-hydrogen) atoms. The minimum atomic E-state index is -0.250. The number of nitrogens with zero attached hydrogens (tertiary/aromatic N) is 3. The Balaban J connectivity index is 1.49. The maximum atomic E-state index is 13.7. The molecule has 6 nitrogen and oxygen atoms in total. The van der Waals surface area contributed by atoms with Crippen LogP contribution in [-0.2, 0) is 6.54 Å². The number of benzene rings is 1. The second-order valence-corrected chi connectivity index (χ2v) is 6.43. The van der Waals surface area contributed by atoms with Crippen molar-refractivity contribution < 1.29 is 13.7 Å². The van der Waals surface area contributed by atoms with Crippen LogP contribution in [0.25, 0.3) is 0 Å². The molecule has 1 fully saturated rings. The summed E-state index contributed by atoms with van der Waals surface area (Å²) in [6.07, 6.45) is 1.56. The van der Waals surface area contributed by atoms with Crippen LogP contribution in [0.15, 0.2) is 35.1 Å². The molecule has 1 aromatic carbocycles. The molecular formula is C18H23FN4O2. The van der Waals surface area contributed by atoms with E-state index < -0.39 is 0 Å². The maximum absolute atomic E-state index is 13.7. The van der Waals surface area contributed by atoms with Crippen LogP contribution in [0, 0.1) is 12.7 Å². The lowest BCUT2D eigenvalue weighted by Gasteiger charge is -2.34. The van der Waals surface area contributed by atoms with Crippen molar-refractivity contribution in [3.05, 3.63) is 53.2 Å². The average Bonchev–Trinajstić information content (AvgIpc) is 3.11. The van der Waals surface area contributed by atoms with Crippen LogP contribution in [0.5, 0.6) is 0 Å². The SMILES string of the molecule is Cc1ccc(C(C)NC(=O)N2CCN(Cc3ccon3)CC2)cc1F. The van der Waals surface area contributed by atoms with Gasteiger partial charge in [-0.25, -0.2) is 9.18 Å². The first-order valence-electron chi connectivity index (χ1n) is 8.46. The predicted molar refractivity (Wildman–Crippen MR) is 91.4 cm³/mol. The van der Waals surface area contributed by atoms with E-state index in [2.05, 4.69) is 15.4 Å². The maximum Gasteiger partial charge on any atom is 0.317 e. The van der Waals surface area contributed by atoms with Gasteiger partial charge in [0.05, 0.1) is 11.7 Å². The standard InChI is InChI=1S/C18H23FN4O2/c1-13-3-4-15(11-17(13)19)14(2)20-18(24)23-8-6-22(7-9-23)12-16-5-10-25-21-16/h3-5,10-11,14H,6-9,12H2,1-2H3,(H,20,24). The molecule has 1 unspecified atom stereocenters. The molecule has 134 valence electrons. The van der Waals surface area contributed by atoms with Crippen LogP contribution in [0.4, 0.5) is 9.18 Å². The first-order valence-corrected chi connectivity index (χ1v) is 8.46. The van der Waals surface area contributed by atoms with E-state index in [9.17, 15) is 9.18 Å². The summed E-state index contributed by atoms with van der Waals surface area (Å²) in [5.74, 6) is -0.250. The lowest BCUT2D eigenvalue weighted by molar-refractivity contribution is 0.132. The fourth-order valence-corrected chi connectivity index (χ4v) is 2.90. The molecule has 3 rings (SSSR count). The zero-order valence-electron chi connectivity index (χ0n) is 14.5. The molecule has 0 bridgehead atoms. The third-order valence-corrected chi connectivity index (χ3v) is 4.57. The number of urea groups is 1. The molecule has 2 heterocycles. The van der Waals surface area contributed by atoms with Crippen LogP contribution >= 0.6 is 0 Å².